The molecular weight excluding hydrogens is 356 g/mol. The summed E-state index contributed by atoms with van der Waals surface area (Å²) in [6.07, 6.45) is 2.57. The van der Waals surface area contributed by atoms with Gasteiger partial charge in [0.25, 0.3) is 0 Å². The van der Waals surface area contributed by atoms with E-state index < -0.39 is 5.97 Å². The smallest absolute Gasteiger partial charge is 0.328 e. The molecule has 0 unspecified atom stereocenters. The second-order valence-corrected chi connectivity index (χ2v) is 5.72. The van der Waals surface area contributed by atoms with Crippen molar-refractivity contribution in [1.29, 1.82) is 0 Å². The molecule has 0 fully saturated rings. The van der Waals surface area contributed by atoms with Crippen LogP contribution in [-0.4, -0.2) is 11.1 Å². The Bertz CT molecular complexity index is 711. The Labute approximate surface area is 135 Å². The first-order valence-electron chi connectivity index (χ1n) is 6.10. The zero-order valence-electron chi connectivity index (χ0n) is 11.1. The van der Waals surface area contributed by atoms with E-state index in [2.05, 4.69) is 15.9 Å². The quantitative estimate of drug-likeness (QED) is 0.746. The lowest BCUT2D eigenvalue weighted by molar-refractivity contribution is -0.131. The molecule has 2 aromatic rings. The van der Waals surface area contributed by atoms with Gasteiger partial charge >= 0.3 is 5.97 Å². The summed E-state index contributed by atoms with van der Waals surface area (Å²) in [7, 11) is 0. The van der Waals surface area contributed by atoms with Crippen molar-refractivity contribution < 1.29 is 14.6 Å². The van der Waals surface area contributed by atoms with Gasteiger partial charge in [-0.15, -0.1) is 0 Å². The Hall–Kier alpha value is -1.78. The van der Waals surface area contributed by atoms with Gasteiger partial charge in [0.15, 0.2) is 0 Å². The van der Waals surface area contributed by atoms with E-state index in [-0.39, 0.29) is 0 Å². The monoisotopic (exact) mass is 366 g/mol. The summed E-state index contributed by atoms with van der Waals surface area (Å²) in [5, 5.41) is 9.39. The largest absolute Gasteiger partial charge is 0.478 e. The van der Waals surface area contributed by atoms with Crippen LogP contribution in [-0.2, 0) is 4.79 Å². The molecule has 0 saturated heterocycles. The molecule has 0 aliphatic rings. The van der Waals surface area contributed by atoms with Crippen molar-refractivity contribution in [2.45, 2.75) is 6.92 Å². The molecule has 0 saturated carbocycles. The number of carboxylic acid groups (broad SMARTS) is 1. The van der Waals surface area contributed by atoms with Crippen molar-refractivity contribution in [2.24, 2.45) is 0 Å². The van der Waals surface area contributed by atoms with Crippen LogP contribution in [0, 0.1) is 6.92 Å². The molecule has 2 rings (SSSR count). The van der Waals surface area contributed by atoms with E-state index in [0.717, 1.165) is 16.1 Å². The highest BCUT2D eigenvalue weighted by atomic mass is 79.9. The second kappa shape index (κ2) is 6.78. The van der Waals surface area contributed by atoms with Gasteiger partial charge in [-0.25, -0.2) is 4.79 Å². The predicted octanol–water partition coefficient (Wildman–Crippen LogP) is 5.30. The standard InChI is InChI=1S/C16H12BrClO3/c1-10-8-13(18)4-6-14(10)21-15-5-3-12(17)9-11(15)2-7-16(19)20/h2-9H,1H3,(H,19,20)/b7-2+. The van der Waals surface area contributed by atoms with Gasteiger partial charge < -0.3 is 9.84 Å². The fourth-order valence-electron chi connectivity index (χ4n) is 1.75. The highest BCUT2D eigenvalue weighted by molar-refractivity contribution is 9.10. The molecule has 0 bridgehead atoms. The summed E-state index contributed by atoms with van der Waals surface area (Å²) in [5.74, 6) is 0.233. The van der Waals surface area contributed by atoms with Crippen LogP contribution in [0.4, 0.5) is 0 Å². The summed E-state index contributed by atoms with van der Waals surface area (Å²) < 4.78 is 6.70. The SMILES string of the molecule is Cc1cc(Cl)ccc1Oc1ccc(Br)cc1/C=C/C(=O)O. The van der Waals surface area contributed by atoms with Gasteiger partial charge in [0.05, 0.1) is 0 Å². The van der Waals surface area contributed by atoms with Crippen molar-refractivity contribution in [3.63, 3.8) is 0 Å². The van der Waals surface area contributed by atoms with E-state index in [0.29, 0.717) is 22.1 Å². The number of carbonyl (C=O) groups is 1. The van der Waals surface area contributed by atoms with Crippen molar-refractivity contribution in [3.05, 3.63) is 63.1 Å². The molecule has 2 aromatic carbocycles. The maximum Gasteiger partial charge on any atom is 0.328 e. The van der Waals surface area contributed by atoms with E-state index in [9.17, 15) is 4.79 Å². The van der Waals surface area contributed by atoms with Gasteiger partial charge in [-0.05, 0) is 55.0 Å². The summed E-state index contributed by atoms with van der Waals surface area (Å²) >= 11 is 9.28. The van der Waals surface area contributed by atoms with Crippen molar-refractivity contribution in [2.75, 3.05) is 0 Å². The topological polar surface area (TPSA) is 46.5 Å². The predicted molar refractivity (Wildman–Crippen MR) is 87.1 cm³/mol. The molecular formula is C16H12BrClO3. The van der Waals surface area contributed by atoms with Crippen LogP contribution < -0.4 is 4.74 Å². The number of hydrogen-bond donors (Lipinski definition) is 1. The van der Waals surface area contributed by atoms with Crippen LogP contribution >= 0.6 is 27.5 Å². The first-order chi connectivity index (χ1) is 9.95. The van der Waals surface area contributed by atoms with Crippen molar-refractivity contribution >= 4 is 39.6 Å². The Kier molecular flexibility index (Phi) is 5.04. The van der Waals surface area contributed by atoms with E-state index >= 15 is 0 Å². The molecule has 0 amide bonds. The van der Waals surface area contributed by atoms with Crippen LogP contribution in [0.5, 0.6) is 11.5 Å². The fourth-order valence-corrected chi connectivity index (χ4v) is 2.35. The second-order valence-electron chi connectivity index (χ2n) is 4.37. The molecule has 0 aliphatic carbocycles. The van der Waals surface area contributed by atoms with Crippen LogP contribution in [0.1, 0.15) is 11.1 Å². The summed E-state index contributed by atoms with van der Waals surface area (Å²) in [6.45, 7) is 1.90. The third-order valence-corrected chi connectivity index (χ3v) is 3.46. The molecule has 0 radical (unpaired) electrons. The number of carboxylic acids is 1. The lowest BCUT2D eigenvalue weighted by Gasteiger charge is -2.11. The Balaban J connectivity index is 2.37. The number of ether oxygens (including phenoxy) is 1. The van der Waals surface area contributed by atoms with E-state index in [1.54, 1.807) is 24.3 Å². The molecule has 3 nitrogen and oxygen atoms in total. The number of rotatable bonds is 4. The summed E-state index contributed by atoms with van der Waals surface area (Å²) in [6, 6.07) is 10.7. The summed E-state index contributed by atoms with van der Waals surface area (Å²) in [5.41, 5.74) is 1.57. The van der Waals surface area contributed by atoms with Gasteiger partial charge in [-0.2, -0.15) is 0 Å². The van der Waals surface area contributed by atoms with Crippen LogP contribution in [0.2, 0.25) is 5.02 Å². The fraction of sp³-hybridized carbons (Fsp3) is 0.0625. The van der Waals surface area contributed by atoms with Crippen LogP contribution in [0.15, 0.2) is 46.9 Å². The van der Waals surface area contributed by atoms with E-state index in [1.807, 2.05) is 19.1 Å². The number of hydrogen-bond acceptors (Lipinski definition) is 2. The lowest BCUT2D eigenvalue weighted by atomic mass is 10.1. The normalized spacial score (nSPS) is 10.8. The van der Waals surface area contributed by atoms with Gasteiger partial charge in [-0.1, -0.05) is 27.5 Å². The Morgan fingerprint density at radius 3 is 2.62 bits per heavy atom. The molecule has 0 atom stereocenters. The number of aliphatic carboxylic acids is 1. The molecule has 5 heteroatoms. The molecule has 1 N–H and O–H groups in total. The van der Waals surface area contributed by atoms with Gasteiger partial charge in [0.2, 0.25) is 0 Å². The molecule has 0 aliphatic heterocycles. The Morgan fingerprint density at radius 1 is 1.24 bits per heavy atom. The number of benzene rings is 2. The van der Waals surface area contributed by atoms with Crippen molar-refractivity contribution in [3.8, 4) is 11.5 Å². The molecule has 0 spiro atoms. The van der Waals surface area contributed by atoms with E-state index in [4.69, 9.17) is 21.4 Å². The minimum absolute atomic E-state index is 0.570. The molecule has 108 valence electrons. The Morgan fingerprint density at radius 2 is 1.95 bits per heavy atom. The van der Waals surface area contributed by atoms with Crippen LogP contribution in [0.3, 0.4) is 0 Å². The third kappa shape index (κ3) is 4.34. The zero-order valence-corrected chi connectivity index (χ0v) is 13.5. The molecule has 0 aromatic heterocycles. The molecule has 21 heavy (non-hydrogen) atoms. The maximum absolute atomic E-state index is 10.7. The third-order valence-electron chi connectivity index (χ3n) is 2.73. The van der Waals surface area contributed by atoms with Gasteiger partial charge in [0, 0.05) is 21.1 Å². The summed E-state index contributed by atoms with van der Waals surface area (Å²) in [4.78, 5) is 10.7. The van der Waals surface area contributed by atoms with E-state index in [1.165, 1.54) is 6.08 Å². The average Bonchev–Trinajstić information content (AvgIpc) is 2.41. The van der Waals surface area contributed by atoms with Gasteiger partial charge in [0.1, 0.15) is 11.5 Å². The first-order valence-corrected chi connectivity index (χ1v) is 7.27. The maximum atomic E-state index is 10.7. The average molecular weight is 368 g/mol. The number of halogens is 2. The van der Waals surface area contributed by atoms with Crippen molar-refractivity contribution in [1.82, 2.24) is 0 Å². The highest BCUT2D eigenvalue weighted by Gasteiger charge is 2.07. The zero-order chi connectivity index (χ0) is 15.4. The van der Waals surface area contributed by atoms with Gasteiger partial charge in [-0.3, -0.25) is 0 Å². The molecule has 0 heterocycles. The highest BCUT2D eigenvalue weighted by Crippen LogP contribution is 2.31. The van der Waals surface area contributed by atoms with Crippen LogP contribution in [0.25, 0.3) is 6.08 Å². The first kappa shape index (κ1) is 15.6. The lowest BCUT2D eigenvalue weighted by Crippen LogP contribution is -1.91. The minimum Gasteiger partial charge on any atom is -0.478 e. The number of aryl methyl sites for hydroxylation is 1. The minimum atomic E-state index is -1.01.